The third kappa shape index (κ3) is 4.26. The van der Waals surface area contributed by atoms with E-state index in [2.05, 4.69) is 10.3 Å². The monoisotopic (exact) mass is 457 g/mol. The fourth-order valence-electron chi connectivity index (χ4n) is 3.63. The zero-order valence-corrected chi connectivity index (χ0v) is 18.5. The summed E-state index contributed by atoms with van der Waals surface area (Å²) in [5.41, 5.74) is 1.73. The summed E-state index contributed by atoms with van der Waals surface area (Å²) in [5.74, 6) is 0.593. The molecule has 0 spiro atoms. The van der Waals surface area contributed by atoms with Crippen molar-refractivity contribution in [1.29, 1.82) is 0 Å². The van der Waals surface area contributed by atoms with E-state index in [0.29, 0.717) is 32.9 Å². The Kier molecular flexibility index (Phi) is 5.93. The molecule has 4 rings (SSSR count). The van der Waals surface area contributed by atoms with Crippen molar-refractivity contribution >= 4 is 35.1 Å². The van der Waals surface area contributed by atoms with Crippen LogP contribution in [0.3, 0.4) is 0 Å². The Morgan fingerprint density at radius 1 is 1.29 bits per heavy atom. The van der Waals surface area contributed by atoms with Gasteiger partial charge in [0.15, 0.2) is 16.7 Å². The number of hydrogen-bond donors (Lipinski definition) is 2. The van der Waals surface area contributed by atoms with Gasteiger partial charge in [0, 0.05) is 30.2 Å². The van der Waals surface area contributed by atoms with Gasteiger partial charge in [0.05, 0.1) is 12.7 Å². The number of anilines is 1. The summed E-state index contributed by atoms with van der Waals surface area (Å²) in [6.07, 6.45) is 0.104. The Hall–Kier alpha value is -2.97. The number of phenols is 1. The van der Waals surface area contributed by atoms with Gasteiger partial charge in [-0.1, -0.05) is 41.6 Å². The highest BCUT2D eigenvalue weighted by Gasteiger charge is 2.32. The number of benzene rings is 2. The number of carbonyl (C=O) groups excluding carboxylic acids is 1. The second-order valence-corrected chi connectivity index (χ2v) is 8.55. The summed E-state index contributed by atoms with van der Waals surface area (Å²) >= 11 is 7.44. The Balaban J connectivity index is 1.72. The van der Waals surface area contributed by atoms with Crippen molar-refractivity contribution in [2.24, 2.45) is 7.05 Å². The second kappa shape index (κ2) is 8.64. The molecule has 0 fully saturated rings. The molecular formula is C22H20ClN3O4S. The standard InChI is InChI=1S/C22H20ClN3O4S/c1-26-20-19(21(29)25-22(26)31-11-12-4-3-5-14(23)8-12)15(10-18(28)24-20)13-6-7-16(27)17(9-13)30-2/h3-9,15,27H,10-11H2,1-2H3,(H,24,28). The fraction of sp³-hybridized carbons (Fsp3) is 0.227. The number of carbonyl (C=O) groups is 1. The number of amides is 1. The quantitative estimate of drug-likeness (QED) is 0.445. The highest BCUT2D eigenvalue weighted by Crippen LogP contribution is 2.39. The molecule has 1 atom stereocenters. The molecule has 1 amide bonds. The van der Waals surface area contributed by atoms with Crippen molar-refractivity contribution in [2.75, 3.05) is 12.4 Å². The summed E-state index contributed by atoms with van der Waals surface area (Å²) in [5, 5.41) is 13.9. The number of nitrogens with zero attached hydrogens (tertiary/aromatic N) is 2. The number of hydrogen-bond acceptors (Lipinski definition) is 6. The van der Waals surface area contributed by atoms with Crippen LogP contribution in [0.2, 0.25) is 5.02 Å². The second-order valence-electron chi connectivity index (χ2n) is 7.18. The first-order valence-corrected chi connectivity index (χ1v) is 10.9. The van der Waals surface area contributed by atoms with Crippen LogP contribution in [0.1, 0.15) is 29.0 Å². The third-order valence-corrected chi connectivity index (χ3v) is 6.50. The Morgan fingerprint density at radius 2 is 2.10 bits per heavy atom. The lowest BCUT2D eigenvalue weighted by molar-refractivity contribution is -0.116. The first kappa shape index (κ1) is 21.3. The lowest BCUT2D eigenvalue weighted by atomic mass is 9.86. The number of aromatic hydroxyl groups is 1. The summed E-state index contributed by atoms with van der Waals surface area (Å²) < 4.78 is 6.91. The van der Waals surface area contributed by atoms with Crippen LogP contribution in [0, 0.1) is 0 Å². The van der Waals surface area contributed by atoms with E-state index in [0.717, 1.165) is 5.56 Å². The van der Waals surface area contributed by atoms with Gasteiger partial charge in [-0.3, -0.25) is 9.59 Å². The first-order valence-electron chi connectivity index (χ1n) is 9.52. The number of ether oxygens (including phenoxy) is 1. The number of methoxy groups -OCH3 is 1. The van der Waals surface area contributed by atoms with Crippen LogP contribution < -0.4 is 15.6 Å². The molecule has 2 N–H and O–H groups in total. The molecule has 7 nitrogen and oxygen atoms in total. The van der Waals surface area contributed by atoms with Crippen LogP contribution in [0.15, 0.2) is 52.4 Å². The van der Waals surface area contributed by atoms with E-state index in [4.69, 9.17) is 16.3 Å². The largest absolute Gasteiger partial charge is 0.504 e. The molecule has 1 aliphatic heterocycles. The number of thioether (sulfide) groups is 1. The molecule has 3 aromatic rings. The van der Waals surface area contributed by atoms with Gasteiger partial charge in [-0.15, -0.1) is 0 Å². The van der Waals surface area contributed by atoms with E-state index < -0.39 is 11.5 Å². The molecule has 9 heteroatoms. The third-order valence-electron chi connectivity index (χ3n) is 5.16. The predicted octanol–water partition coefficient (Wildman–Crippen LogP) is 3.91. The maximum absolute atomic E-state index is 13.0. The fourth-order valence-corrected chi connectivity index (χ4v) is 4.76. The van der Waals surface area contributed by atoms with Gasteiger partial charge in [-0.05, 0) is 35.4 Å². The van der Waals surface area contributed by atoms with E-state index in [9.17, 15) is 14.7 Å². The Morgan fingerprint density at radius 3 is 2.84 bits per heavy atom. The average Bonchev–Trinajstić information content (AvgIpc) is 2.75. The van der Waals surface area contributed by atoms with Gasteiger partial charge in [-0.2, -0.15) is 4.98 Å². The Bertz CT molecular complexity index is 1230. The maximum atomic E-state index is 13.0. The van der Waals surface area contributed by atoms with E-state index in [1.54, 1.807) is 29.8 Å². The number of fused-ring (bicyclic) bond motifs is 1. The highest BCUT2D eigenvalue weighted by molar-refractivity contribution is 7.98. The minimum absolute atomic E-state index is 0.00877. The van der Waals surface area contributed by atoms with E-state index >= 15 is 0 Å². The van der Waals surface area contributed by atoms with Gasteiger partial charge in [0.25, 0.3) is 5.56 Å². The van der Waals surface area contributed by atoms with Crippen molar-refractivity contribution in [1.82, 2.24) is 9.55 Å². The molecule has 0 saturated carbocycles. The minimum Gasteiger partial charge on any atom is -0.504 e. The number of halogens is 1. The summed E-state index contributed by atoms with van der Waals surface area (Å²) in [4.78, 5) is 29.8. The van der Waals surface area contributed by atoms with E-state index in [1.807, 2.05) is 18.2 Å². The van der Waals surface area contributed by atoms with Gasteiger partial charge < -0.3 is 19.7 Å². The molecule has 0 bridgehead atoms. The summed E-state index contributed by atoms with van der Waals surface area (Å²) in [7, 11) is 3.22. The summed E-state index contributed by atoms with van der Waals surface area (Å²) in [6.45, 7) is 0. The van der Waals surface area contributed by atoms with Gasteiger partial charge in [-0.25, -0.2) is 0 Å². The SMILES string of the molecule is COc1cc(C2CC(=O)Nc3c2c(=O)nc(SCc2cccc(Cl)c2)n3C)ccc1O. The molecule has 1 unspecified atom stereocenters. The van der Waals surface area contributed by atoms with Crippen LogP contribution >= 0.6 is 23.4 Å². The predicted molar refractivity (Wildman–Crippen MR) is 120 cm³/mol. The maximum Gasteiger partial charge on any atom is 0.279 e. The molecule has 2 heterocycles. The number of aromatic nitrogens is 2. The highest BCUT2D eigenvalue weighted by atomic mass is 35.5. The molecule has 0 saturated heterocycles. The van der Waals surface area contributed by atoms with Crippen LogP contribution in [0.5, 0.6) is 11.5 Å². The van der Waals surface area contributed by atoms with Crippen LogP contribution in [0.25, 0.3) is 0 Å². The van der Waals surface area contributed by atoms with Gasteiger partial charge >= 0.3 is 0 Å². The molecule has 1 aromatic heterocycles. The normalized spacial score (nSPS) is 15.3. The van der Waals surface area contributed by atoms with Crippen LogP contribution in [0.4, 0.5) is 5.82 Å². The zero-order chi connectivity index (χ0) is 22.1. The first-order chi connectivity index (χ1) is 14.9. The molecule has 2 aromatic carbocycles. The van der Waals surface area contributed by atoms with Crippen molar-refractivity contribution in [3.8, 4) is 11.5 Å². The minimum atomic E-state index is -0.489. The van der Waals surface area contributed by atoms with Crippen molar-refractivity contribution in [2.45, 2.75) is 23.2 Å². The molecule has 0 aliphatic carbocycles. The lowest BCUT2D eigenvalue weighted by Gasteiger charge is -2.27. The Labute approximate surface area is 188 Å². The number of rotatable bonds is 5. The molecule has 0 radical (unpaired) electrons. The van der Waals surface area contributed by atoms with Crippen molar-refractivity contribution < 1.29 is 14.6 Å². The number of phenolic OH excluding ortho intramolecular Hbond substituents is 1. The van der Waals surface area contributed by atoms with E-state index in [-0.39, 0.29) is 23.8 Å². The lowest BCUT2D eigenvalue weighted by Crippen LogP contribution is -2.33. The number of nitrogens with one attached hydrogen (secondary N) is 1. The molecule has 31 heavy (non-hydrogen) atoms. The van der Waals surface area contributed by atoms with Crippen LogP contribution in [-0.4, -0.2) is 27.7 Å². The molecule has 1 aliphatic rings. The topological polar surface area (TPSA) is 93.5 Å². The van der Waals surface area contributed by atoms with Crippen LogP contribution in [-0.2, 0) is 17.6 Å². The summed E-state index contributed by atoms with van der Waals surface area (Å²) in [6, 6.07) is 12.3. The van der Waals surface area contributed by atoms with Crippen molar-refractivity contribution in [3.63, 3.8) is 0 Å². The van der Waals surface area contributed by atoms with Gasteiger partial charge in [0.1, 0.15) is 5.82 Å². The van der Waals surface area contributed by atoms with E-state index in [1.165, 1.54) is 24.9 Å². The zero-order valence-electron chi connectivity index (χ0n) is 16.9. The molecular weight excluding hydrogens is 438 g/mol. The van der Waals surface area contributed by atoms with Crippen molar-refractivity contribution in [3.05, 3.63) is 74.5 Å². The average molecular weight is 458 g/mol. The molecule has 160 valence electrons. The smallest absolute Gasteiger partial charge is 0.279 e. The van der Waals surface area contributed by atoms with Gasteiger partial charge in [0.2, 0.25) is 5.91 Å².